The van der Waals surface area contributed by atoms with Gasteiger partial charge in [-0.2, -0.15) is 5.10 Å². The van der Waals surface area contributed by atoms with Crippen LogP contribution < -0.4 is 10.1 Å². The lowest BCUT2D eigenvalue weighted by molar-refractivity contribution is 0.102. The number of carbonyl (C=O) groups is 1. The van der Waals surface area contributed by atoms with Gasteiger partial charge in [-0.15, -0.1) is 0 Å². The number of methoxy groups -OCH3 is 1. The van der Waals surface area contributed by atoms with Gasteiger partial charge in [0.15, 0.2) is 5.69 Å². The number of ether oxygens (including phenoxy) is 1. The molecule has 1 amide bonds. The lowest BCUT2D eigenvalue weighted by Crippen LogP contribution is -2.14. The van der Waals surface area contributed by atoms with E-state index in [0.717, 1.165) is 0 Å². The summed E-state index contributed by atoms with van der Waals surface area (Å²) in [5.41, 5.74) is 0.817. The zero-order chi connectivity index (χ0) is 14.7. The molecule has 106 valence electrons. The fourth-order valence-electron chi connectivity index (χ4n) is 1.67. The van der Waals surface area contributed by atoms with Crippen molar-refractivity contribution in [3.05, 3.63) is 39.6 Å². The van der Waals surface area contributed by atoms with Crippen LogP contribution >= 0.6 is 27.5 Å². The van der Waals surface area contributed by atoms with Crippen LogP contribution in [0.5, 0.6) is 5.75 Å². The van der Waals surface area contributed by atoms with E-state index in [0.29, 0.717) is 33.2 Å². The average molecular weight is 359 g/mol. The Labute approximate surface area is 130 Å². The number of benzene rings is 1. The Morgan fingerprint density at radius 3 is 2.90 bits per heavy atom. The van der Waals surface area contributed by atoms with Crippen molar-refractivity contribution in [3.63, 3.8) is 0 Å². The van der Waals surface area contributed by atoms with Crippen molar-refractivity contribution in [2.24, 2.45) is 0 Å². The molecule has 0 saturated carbocycles. The van der Waals surface area contributed by atoms with E-state index in [4.69, 9.17) is 16.3 Å². The largest absolute Gasteiger partial charge is 0.495 e. The summed E-state index contributed by atoms with van der Waals surface area (Å²) in [7, 11) is 1.53. The van der Waals surface area contributed by atoms with Crippen LogP contribution in [0.25, 0.3) is 0 Å². The van der Waals surface area contributed by atoms with Gasteiger partial charge in [0.1, 0.15) is 5.75 Å². The van der Waals surface area contributed by atoms with E-state index in [1.54, 1.807) is 29.1 Å². The highest BCUT2D eigenvalue weighted by atomic mass is 79.9. The summed E-state index contributed by atoms with van der Waals surface area (Å²) < 4.78 is 7.49. The third kappa shape index (κ3) is 3.13. The van der Waals surface area contributed by atoms with Gasteiger partial charge >= 0.3 is 0 Å². The molecule has 0 bridgehead atoms. The highest BCUT2D eigenvalue weighted by Crippen LogP contribution is 2.28. The van der Waals surface area contributed by atoms with Crippen LogP contribution in [-0.2, 0) is 6.54 Å². The normalized spacial score (nSPS) is 10.4. The number of amides is 1. The number of halogens is 2. The molecule has 2 aromatic rings. The predicted molar refractivity (Wildman–Crippen MR) is 81.6 cm³/mol. The molecule has 20 heavy (non-hydrogen) atoms. The fraction of sp³-hybridized carbons (Fsp3) is 0.231. The number of hydrogen-bond donors (Lipinski definition) is 1. The smallest absolute Gasteiger partial charge is 0.277 e. The molecular formula is C13H13BrClN3O2. The third-order valence-electron chi connectivity index (χ3n) is 2.67. The van der Waals surface area contributed by atoms with Crippen molar-refractivity contribution in [2.75, 3.05) is 12.4 Å². The van der Waals surface area contributed by atoms with E-state index in [2.05, 4.69) is 26.3 Å². The Morgan fingerprint density at radius 1 is 1.55 bits per heavy atom. The van der Waals surface area contributed by atoms with E-state index in [9.17, 15) is 4.79 Å². The summed E-state index contributed by atoms with van der Waals surface area (Å²) in [5.74, 6) is 0.207. The van der Waals surface area contributed by atoms with Crippen LogP contribution in [0.3, 0.4) is 0 Å². The molecule has 0 unspecified atom stereocenters. The first-order valence-corrected chi connectivity index (χ1v) is 7.10. The SMILES string of the molecule is CCn1cc(Br)c(C(=O)Nc2cc(Cl)ccc2OC)n1. The Bertz CT molecular complexity index is 643. The van der Waals surface area contributed by atoms with Gasteiger partial charge in [-0.05, 0) is 41.1 Å². The number of anilines is 1. The average Bonchev–Trinajstić information content (AvgIpc) is 2.80. The van der Waals surface area contributed by atoms with E-state index >= 15 is 0 Å². The molecule has 7 heteroatoms. The van der Waals surface area contributed by atoms with Gasteiger partial charge in [-0.25, -0.2) is 0 Å². The van der Waals surface area contributed by atoms with Crippen molar-refractivity contribution in [1.29, 1.82) is 0 Å². The monoisotopic (exact) mass is 357 g/mol. The zero-order valence-corrected chi connectivity index (χ0v) is 13.3. The number of rotatable bonds is 4. The van der Waals surface area contributed by atoms with Crippen LogP contribution in [0.15, 0.2) is 28.9 Å². The Kier molecular flexibility index (Phi) is 4.67. The lowest BCUT2D eigenvalue weighted by atomic mass is 10.2. The first-order chi connectivity index (χ1) is 9.55. The predicted octanol–water partition coefficient (Wildman–Crippen LogP) is 3.58. The number of carbonyl (C=O) groups excluding carboxylic acids is 1. The summed E-state index contributed by atoms with van der Waals surface area (Å²) in [5, 5.41) is 7.44. The van der Waals surface area contributed by atoms with Gasteiger partial charge in [0.05, 0.1) is 17.3 Å². The van der Waals surface area contributed by atoms with Crippen molar-refractivity contribution in [3.8, 4) is 5.75 Å². The number of aryl methyl sites for hydroxylation is 1. The van der Waals surface area contributed by atoms with Gasteiger partial charge in [0.2, 0.25) is 0 Å². The maximum atomic E-state index is 12.2. The molecule has 5 nitrogen and oxygen atoms in total. The summed E-state index contributed by atoms with van der Waals surface area (Å²) in [6.07, 6.45) is 1.75. The van der Waals surface area contributed by atoms with Crippen molar-refractivity contribution in [2.45, 2.75) is 13.5 Å². The van der Waals surface area contributed by atoms with E-state index in [-0.39, 0.29) is 5.91 Å². The highest BCUT2D eigenvalue weighted by Gasteiger charge is 2.16. The van der Waals surface area contributed by atoms with Gasteiger partial charge < -0.3 is 10.1 Å². The first kappa shape index (κ1) is 14.9. The standard InChI is InChI=1S/C13H13BrClN3O2/c1-3-18-7-9(14)12(17-18)13(19)16-10-6-8(15)4-5-11(10)20-2/h4-7H,3H2,1-2H3,(H,16,19). The molecule has 0 aliphatic rings. The second-order valence-corrected chi connectivity index (χ2v) is 5.27. The molecule has 0 aliphatic carbocycles. The molecule has 0 aliphatic heterocycles. The van der Waals surface area contributed by atoms with E-state index < -0.39 is 0 Å². The second kappa shape index (κ2) is 6.28. The van der Waals surface area contributed by atoms with Gasteiger partial charge in [0.25, 0.3) is 5.91 Å². The maximum Gasteiger partial charge on any atom is 0.277 e. The first-order valence-electron chi connectivity index (χ1n) is 5.93. The molecule has 1 heterocycles. The summed E-state index contributed by atoms with van der Waals surface area (Å²) in [6.45, 7) is 2.63. The van der Waals surface area contributed by atoms with Crippen molar-refractivity contribution < 1.29 is 9.53 Å². The lowest BCUT2D eigenvalue weighted by Gasteiger charge is -2.09. The molecule has 2 rings (SSSR count). The number of aromatic nitrogens is 2. The van der Waals surface area contributed by atoms with Crippen molar-refractivity contribution >= 4 is 39.1 Å². The number of hydrogen-bond acceptors (Lipinski definition) is 3. The fourth-order valence-corrected chi connectivity index (χ4v) is 2.34. The van der Waals surface area contributed by atoms with Crippen LogP contribution in [0.4, 0.5) is 5.69 Å². The molecular weight excluding hydrogens is 346 g/mol. The Morgan fingerprint density at radius 2 is 2.30 bits per heavy atom. The van der Waals surface area contributed by atoms with E-state index in [1.807, 2.05) is 6.92 Å². The molecule has 1 N–H and O–H groups in total. The number of nitrogens with one attached hydrogen (secondary N) is 1. The molecule has 1 aromatic heterocycles. The zero-order valence-electron chi connectivity index (χ0n) is 11.0. The molecule has 0 saturated heterocycles. The minimum atomic E-state index is -0.329. The number of nitrogens with zero attached hydrogens (tertiary/aromatic N) is 2. The molecule has 0 fully saturated rings. The molecule has 0 radical (unpaired) electrons. The van der Waals surface area contributed by atoms with Crippen LogP contribution in [0.1, 0.15) is 17.4 Å². The minimum absolute atomic E-state index is 0.314. The van der Waals surface area contributed by atoms with Gasteiger partial charge in [-0.1, -0.05) is 11.6 Å². The Balaban J connectivity index is 2.27. The summed E-state index contributed by atoms with van der Waals surface area (Å²) in [6, 6.07) is 5.01. The molecule has 0 spiro atoms. The minimum Gasteiger partial charge on any atom is -0.495 e. The van der Waals surface area contributed by atoms with Crippen LogP contribution in [0, 0.1) is 0 Å². The van der Waals surface area contributed by atoms with Gasteiger partial charge in [-0.3, -0.25) is 9.48 Å². The van der Waals surface area contributed by atoms with Crippen LogP contribution in [0.2, 0.25) is 5.02 Å². The van der Waals surface area contributed by atoms with Crippen LogP contribution in [-0.4, -0.2) is 22.8 Å². The maximum absolute atomic E-state index is 12.2. The second-order valence-electron chi connectivity index (χ2n) is 3.98. The quantitative estimate of drug-likeness (QED) is 0.909. The van der Waals surface area contributed by atoms with E-state index in [1.165, 1.54) is 7.11 Å². The Hall–Kier alpha value is -1.53. The van der Waals surface area contributed by atoms with Crippen molar-refractivity contribution in [1.82, 2.24) is 9.78 Å². The third-order valence-corrected chi connectivity index (χ3v) is 3.48. The summed E-state index contributed by atoms with van der Waals surface area (Å²) >= 11 is 9.25. The highest BCUT2D eigenvalue weighted by molar-refractivity contribution is 9.10. The van der Waals surface area contributed by atoms with Gasteiger partial charge in [0, 0.05) is 17.8 Å². The molecule has 1 aromatic carbocycles. The summed E-state index contributed by atoms with van der Waals surface area (Å²) in [4.78, 5) is 12.2. The topological polar surface area (TPSA) is 56.2 Å². The molecule has 0 atom stereocenters.